The molecule has 0 saturated carbocycles. The Kier molecular flexibility index (Phi) is 1.49. The number of anilines is 1. The first-order chi connectivity index (χ1) is 7.36. The second kappa shape index (κ2) is 2.81. The van der Waals surface area contributed by atoms with E-state index in [1.54, 1.807) is 12.5 Å². The van der Waals surface area contributed by atoms with Gasteiger partial charge in [0.2, 0.25) is 5.82 Å². The van der Waals surface area contributed by atoms with Gasteiger partial charge in [-0.15, -0.1) is 10.2 Å². The molecule has 0 saturated heterocycles. The van der Waals surface area contributed by atoms with Crippen molar-refractivity contribution >= 4 is 5.69 Å². The van der Waals surface area contributed by atoms with E-state index in [1.807, 2.05) is 12.1 Å². The molecule has 1 aliphatic heterocycles. The van der Waals surface area contributed by atoms with Gasteiger partial charge in [-0.05, 0) is 17.3 Å². The van der Waals surface area contributed by atoms with Crippen LogP contribution in [-0.2, 0) is 0 Å². The Bertz CT molecular complexity index is 556. The lowest BCUT2D eigenvalue weighted by atomic mass is 10.1. The average Bonchev–Trinajstić information content (AvgIpc) is 2.87. The largest absolute Gasteiger partial charge is 0.472 e. The molecule has 0 unspecified atom stereocenters. The number of nitrogens with two attached hydrogens (primary N) is 1. The number of nitrogens with one attached hydrogen (secondary N) is 1. The predicted molar refractivity (Wildman–Crippen MR) is 52.9 cm³/mol. The first-order valence-corrected chi connectivity index (χ1v) is 4.34. The third-order valence-corrected chi connectivity index (χ3v) is 2.28. The molecule has 15 heavy (non-hydrogen) atoms. The minimum Gasteiger partial charge on any atom is -0.472 e. The van der Waals surface area contributed by atoms with Gasteiger partial charge in [-0.2, -0.15) is 5.21 Å². The molecule has 0 amide bonds. The Morgan fingerprint density at radius 3 is 3.00 bits per heavy atom. The van der Waals surface area contributed by atoms with Gasteiger partial charge in [0, 0.05) is 22.4 Å². The number of tetrazole rings is 1. The fourth-order valence-electron chi connectivity index (χ4n) is 1.60. The summed E-state index contributed by atoms with van der Waals surface area (Å²) in [5.74, 6) is 0.530. The van der Waals surface area contributed by atoms with Crippen LogP contribution in [0.2, 0.25) is 0 Å². The lowest BCUT2D eigenvalue weighted by Crippen LogP contribution is -1.83. The molecule has 2 heterocycles. The summed E-state index contributed by atoms with van der Waals surface area (Å²) in [6, 6.07) is 3.64. The van der Waals surface area contributed by atoms with E-state index in [1.165, 1.54) is 0 Å². The summed E-state index contributed by atoms with van der Waals surface area (Å²) >= 11 is 0. The van der Waals surface area contributed by atoms with Gasteiger partial charge in [0.25, 0.3) is 0 Å². The van der Waals surface area contributed by atoms with Crippen LogP contribution in [-0.4, -0.2) is 20.6 Å². The van der Waals surface area contributed by atoms with Crippen LogP contribution in [0, 0.1) is 0 Å². The zero-order valence-corrected chi connectivity index (χ0v) is 7.64. The first kappa shape index (κ1) is 7.98. The van der Waals surface area contributed by atoms with E-state index < -0.39 is 0 Å². The fraction of sp³-hybridized carbons (Fsp3) is 0. The zero-order valence-electron chi connectivity index (χ0n) is 7.64. The van der Waals surface area contributed by atoms with Crippen molar-refractivity contribution in [2.75, 3.05) is 5.73 Å². The van der Waals surface area contributed by atoms with E-state index in [2.05, 4.69) is 20.6 Å². The molecule has 6 nitrogen and oxygen atoms in total. The monoisotopic (exact) mass is 201 g/mol. The maximum absolute atomic E-state index is 5.84. The number of fused-ring (bicyclic) bond motifs is 1. The number of hydrogen-bond acceptors (Lipinski definition) is 5. The number of hydrogen-bond donors (Lipinski definition) is 2. The summed E-state index contributed by atoms with van der Waals surface area (Å²) in [6.07, 6.45) is 3.19. The maximum Gasteiger partial charge on any atom is 0.205 e. The summed E-state index contributed by atoms with van der Waals surface area (Å²) in [7, 11) is 0. The average molecular weight is 201 g/mol. The number of aromatic nitrogens is 4. The molecule has 6 heteroatoms. The van der Waals surface area contributed by atoms with Crippen LogP contribution in [0.1, 0.15) is 0 Å². The second-order valence-corrected chi connectivity index (χ2v) is 3.13. The Balaban J connectivity index is 2.30. The summed E-state index contributed by atoms with van der Waals surface area (Å²) in [5.41, 5.74) is 9.16. The molecule has 0 bridgehead atoms. The minimum atomic E-state index is 0.530. The number of rotatable bonds is 1. The van der Waals surface area contributed by atoms with Gasteiger partial charge in [-0.1, -0.05) is 0 Å². The third-order valence-electron chi connectivity index (χ3n) is 2.28. The molecule has 3 N–H and O–H groups in total. The molecule has 0 spiro atoms. The third kappa shape index (κ3) is 1.08. The van der Waals surface area contributed by atoms with Gasteiger partial charge in [0.15, 0.2) is 0 Å². The maximum atomic E-state index is 5.84. The molecular formula is C9H7N5O. The molecule has 1 aliphatic carbocycles. The number of H-pyrrole nitrogens is 1. The van der Waals surface area contributed by atoms with E-state index in [9.17, 15) is 0 Å². The Hall–Kier alpha value is -2.37. The van der Waals surface area contributed by atoms with Crippen molar-refractivity contribution in [3.8, 4) is 22.5 Å². The number of nitrogens with zero attached hydrogens (tertiary/aromatic N) is 3. The molecule has 0 aromatic carbocycles. The highest BCUT2D eigenvalue weighted by atomic mass is 16.3. The fourth-order valence-corrected chi connectivity index (χ4v) is 1.60. The summed E-state index contributed by atoms with van der Waals surface area (Å²) in [4.78, 5) is 0. The molecule has 0 radical (unpaired) electrons. The van der Waals surface area contributed by atoms with Crippen LogP contribution in [0.15, 0.2) is 29.1 Å². The van der Waals surface area contributed by atoms with Crippen molar-refractivity contribution < 1.29 is 4.42 Å². The van der Waals surface area contributed by atoms with Gasteiger partial charge in [-0.3, -0.25) is 0 Å². The predicted octanol–water partition coefficient (Wildman–Crippen LogP) is 1.15. The molecule has 2 aliphatic rings. The van der Waals surface area contributed by atoms with Crippen molar-refractivity contribution in [1.82, 2.24) is 20.6 Å². The van der Waals surface area contributed by atoms with E-state index >= 15 is 0 Å². The van der Waals surface area contributed by atoms with Crippen molar-refractivity contribution in [3.63, 3.8) is 0 Å². The standard InChI is InChI=1S/C9H7N5O/c10-8-3-6(9-11-13-14-12-9)5-1-2-15-4-7(5)8/h1-4H,10H2,(H,11,12,13,14). The van der Waals surface area contributed by atoms with Crippen LogP contribution in [0.3, 0.4) is 0 Å². The highest BCUT2D eigenvalue weighted by Gasteiger charge is 2.17. The summed E-state index contributed by atoms with van der Waals surface area (Å²) < 4.78 is 5.06. The van der Waals surface area contributed by atoms with Gasteiger partial charge in [-0.25, -0.2) is 0 Å². The molecule has 1 aromatic heterocycles. The smallest absolute Gasteiger partial charge is 0.205 e. The van der Waals surface area contributed by atoms with Crippen molar-refractivity contribution in [3.05, 3.63) is 24.7 Å². The Morgan fingerprint density at radius 2 is 2.20 bits per heavy atom. The highest BCUT2D eigenvalue weighted by Crippen LogP contribution is 2.38. The van der Waals surface area contributed by atoms with E-state index in [4.69, 9.17) is 10.2 Å². The van der Waals surface area contributed by atoms with Gasteiger partial charge in [0.05, 0.1) is 6.26 Å². The number of nitrogen functional groups attached to an aromatic ring is 1. The van der Waals surface area contributed by atoms with Gasteiger partial charge >= 0.3 is 0 Å². The van der Waals surface area contributed by atoms with Crippen LogP contribution in [0.5, 0.6) is 0 Å². The highest BCUT2D eigenvalue weighted by molar-refractivity contribution is 5.92. The van der Waals surface area contributed by atoms with E-state index in [0.29, 0.717) is 11.5 Å². The molecule has 0 fully saturated rings. The van der Waals surface area contributed by atoms with Crippen LogP contribution in [0.4, 0.5) is 5.69 Å². The molecular weight excluding hydrogens is 194 g/mol. The van der Waals surface area contributed by atoms with E-state index in [-0.39, 0.29) is 0 Å². The summed E-state index contributed by atoms with van der Waals surface area (Å²) in [6.45, 7) is 0. The summed E-state index contributed by atoms with van der Waals surface area (Å²) in [5, 5.41) is 13.8. The number of aromatic amines is 1. The Morgan fingerprint density at radius 1 is 1.27 bits per heavy atom. The molecule has 1 aromatic rings. The van der Waals surface area contributed by atoms with Crippen molar-refractivity contribution in [1.29, 1.82) is 0 Å². The van der Waals surface area contributed by atoms with Crippen LogP contribution < -0.4 is 5.73 Å². The quantitative estimate of drug-likeness (QED) is 0.615. The van der Waals surface area contributed by atoms with Crippen LogP contribution in [0.25, 0.3) is 22.5 Å². The second-order valence-electron chi connectivity index (χ2n) is 3.13. The molecule has 0 atom stereocenters. The van der Waals surface area contributed by atoms with Gasteiger partial charge in [0.1, 0.15) is 6.26 Å². The molecule has 3 rings (SSSR count). The normalized spacial score (nSPS) is 10.9. The lowest BCUT2D eigenvalue weighted by Gasteiger charge is -1.98. The van der Waals surface area contributed by atoms with Gasteiger partial charge < -0.3 is 10.2 Å². The van der Waals surface area contributed by atoms with Crippen molar-refractivity contribution in [2.24, 2.45) is 0 Å². The Labute approximate surface area is 84.4 Å². The van der Waals surface area contributed by atoms with E-state index in [0.717, 1.165) is 16.7 Å². The lowest BCUT2D eigenvalue weighted by molar-refractivity contribution is 0.552. The first-order valence-electron chi connectivity index (χ1n) is 4.34. The topological polar surface area (TPSA) is 93.6 Å². The van der Waals surface area contributed by atoms with Crippen molar-refractivity contribution in [2.45, 2.75) is 0 Å². The zero-order chi connectivity index (χ0) is 10.3. The minimum absolute atomic E-state index is 0.530. The molecule has 74 valence electrons. The SMILES string of the molecule is Nc1cc(-c2nn[nH]n2)c2ccocc1-2. The van der Waals surface area contributed by atoms with Crippen LogP contribution >= 0.6 is 0 Å².